The SMILES string of the molecule is FC(F)[C@H](c1cc(Br)ccc1Cl)N1CCNCC1. The van der Waals surface area contributed by atoms with E-state index in [0.29, 0.717) is 23.7 Å². The number of alkyl halides is 2. The molecule has 100 valence electrons. The van der Waals surface area contributed by atoms with Crippen molar-refractivity contribution in [2.24, 2.45) is 0 Å². The van der Waals surface area contributed by atoms with Crippen molar-refractivity contribution in [1.29, 1.82) is 0 Å². The maximum absolute atomic E-state index is 13.3. The highest BCUT2D eigenvalue weighted by Gasteiger charge is 2.31. The van der Waals surface area contributed by atoms with Crippen LogP contribution < -0.4 is 5.32 Å². The van der Waals surface area contributed by atoms with Crippen LogP contribution in [0.4, 0.5) is 8.78 Å². The Balaban J connectivity index is 2.31. The number of nitrogens with one attached hydrogen (secondary N) is 1. The van der Waals surface area contributed by atoms with Gasteiger partial charge in [-0.25, -0.2) is 8.78 Å². The van der Waals surface area contributed by atoms with Crippen LogP contribution in [0.2, 0.25) is 5.02 Å². The maximum Gasteiger partial charge on any atom is 0.258 e. The lowest BCUT2D eigenvalue weighted by Crippen LogP contribution is -2.47. The second-order valence-corrected chi connectivity index (χ2v) is 5.55. The van der Waals surface area contributed by atoms with Gasteiger partial charge in [0.15, 0.2) is 0 Å². The Bertz CT molecular complexity index is 411. The Morgan fingerprint density at radius 3 is 2.56 bits per heavy atom. The molecule has 1 atom stereocenters. The topological polar surface area (TPSA) is 15.3 Å². The number of nitrogens with zero attached hydrogens (tertiary/aromatic N) is 1. The van der Waals surface area contributed by atoms with Crippen molar-refractivity contribution in [3.63, 3.8) is 0 Å². The van der Waals surface area contributed by atoms with Crippen LogP contribution in [0.1, 0.15) is 11.6 Å². The molecule has 1 N–H and O–H groups in total. The van der Waals surface area contributed by atoms with Crippen LogP contribution in [-0.4, -0.2) is 37.5 Å². The molecule has 0 amide bonds. The van der Waals surface area contributed by atoms with E-state index in [1.54, 1.807) is 23.1 Å². The summed E-state index contributed by atoms with van der Waals surface area (Å²) in [5, 5.41) is 3.55. The zero-order valence-corrected chi connectivity index (χ0v) is 12.0. The molecule has 6 heteroatoms. The van der Waals surface area contributed by atoms with Crippen LogP contribution in [0.25, 0.3) is 0 Å². The van der Waals surface area contributed by atoms with Gasteiger partial charge in [-0.05, 0) is 23.8 Å². The third-order valence-electron chi connectivity index (χ3n) is 3.06. The number of hydrogen-bond acceptors (Lipinski definition) is 2. The Morgan fingerprint density at radius 2 is 1.94 bits per heavy atom. The zero-order chi connectivity index (χ0) is 13.1. The van der Waals surface area contributed by atoms with E-state index in [0.717, 1.165) is 17.6 Å². The molecule has 0 aromatic heterocycles. The standard InChI is InChI=1S/C12H14BrClF2N2/c13-8-1-2-10(14)9(7-8)11(12(15)16)18-5-3-17-4-6-18/h1-2,7,11-12,17H,3-6H2/t11-/m0/s1. The molecular formula is C12H14BrClF2N2. The first kappa shape index (κ1) is 14.2. The Labute approximate surface area is 118 Å². The van der Waals surface area contributed by atoms with E-state index in [-0.39, 0.29) is 0 Å². The summed E-state index contributed by atoms with van der Waals surface area (Å²) in [7, 11) is 0. The van der Waals surface area contributed by atoms with Gasteiger partial charge in [0.1, 0.15) is 0 Å². The van der Waals surface area contributed by atoms with Gasteiger partial charge in [0.05, 0.1) is 6.04 Å². The fraction of sp³-hybridized carbons (Fsp3) is 0.500. The van der Waals surface area contributed by atoms with E-state index >= 15 is 0 Å². The molecule has 0 radical (unpaired) electrons. The van der Waals surface area contributed by atoms with Crippen molar-refractivity contribution < 1.29 is 8.78 Å². The summed E-state index contributed by atoms with van der Waals surface area (Å²) in [5.41, 5.74) is 0.489. The lowest BCUT2D eigenvalue weighted by molar-refractivity contribution is 0.0182. The van der Waals surface area contributed by atoms with Crippen LogP contribution in [-0.2, 0) is 0 Å². The third kappa shape index (κ3) is 3.20. The predicted octanol–water partition coefficient (Wildman–Crippen LogP) is 3.31. The summed E-state index contributed by atoms with van der Waals surface area (Å²) in [6.07, 6.45) is -2.45. The monoisotopic (exact) mass is 338 g/mol. The molecule has 2 rings (SSSR count). The van der Waals surface area contributed by atoms with Crippen LogP contribution in [0.5, 0.6) is 0 Å². The largest absolute Gasteiger partial charge is 0.314 e. The first-order valence-electron chi connectivity index (χ1n) is 5.77. The molecule has 0 saturated carbocycles. The van der Waals surface area contributed by atoms with Crippen molar-refractivity contribution in [3.05, 3.63) is 33.3 Å². The predicted molar refractivity (Wildman–Crippen MR) is 72.3 cm³/mol. The lowest BCUT2D eigenvalue weighted by atomic mass is 10.0. The molecule has 1 aromatic carbocycles. The molecule has 1 heterocycles. The van der Waals surface area contributed by atoms with Gasteiger partial charge in [-0.3, -0.25) is 4.90 Å². The molecule has 0 unspecified atom stereocenters. The summed E-state index contributed by atoms with van der Waals surface area (Å²) < 4.78 is 27.5. The Kier molecular flexibility index (Phi) is 4.95. The quantitative estimate of drug-likeness (QED) is 0.909. The number of benzene rings is 1. The minimum Gasteiger partial charge on any atom is -0.314 e. The summed E-state index contributed by atoms with van der Waals surface area (Å²) in [4.78, 5) is 1.79. The molecular weight excluding hydrogens is 325 g/mol. The van der Waals surface area contributed by atoms with Crippen LogP contribution in [0.3, 0.4) is 0 Å². The summed E-state index contributed by atoms with van der Waals surface area (Å²) in [6.45, 7) is 2.68. The van der Waals surface area contributed by atoms with Crippen LogP contribution >= 0.6 is 27.5 Å². The molecule has 1 aliphatic heterocycles. The van der Waals surface area contributed by atoms with E-state index in [2.05, 4.69) is 21.2 Å². The van der Waals surface area contributed by atoms with E-state index in [1.807, 2.05) is 0 Å². The van der Waals surface area contributed by atoms with Crippen molar-refractivity contribution in [1.82, 2.24) is 10.2 Å². The highest BCUT2D eigenvalue weighted by atomic mass is 79.9. The molecule has 1 aromatic rings. The van der Waals surface area contributed by atoms with Gasteiger partial charge in [-0.2, -0.15) is 0 Å². The molecule has 2 nitrogen and oxygen atoms in total. The highest BCUT2D eigenvalue weighted by Crippen LogP contribution is 2.34. The van der Waals surface area contributed by atoms with Crippen molar-refractivity contribution >= 4 is 27.5 Å². The van der Waals surface area contributed by atoms with Crippen molar-refractivity contribution in [3.8, 4) is 0 Å². The summed E-state index contributed by atoms with van der Waals surface area (Å²) in [5.74, 6) is 0. The van der Waals surface area contributed by atoms with Gasteiger partial charge < -0.3 is 5.32 Å². The van der Waals surface area contributed by atoms with Crippen molar-refractivity contribution in [2.45, 2.75) is 12.5 Å². The normalized spacial score (nSPS) is 19.2. The molecule has 0 spiro atoms. The van der Waals surface area contributed by atoms with Crippen molar-refractivity contribution in [2.75, 3.05) is 26.2 Å². The molecule has 1 fully saturated rings. The average molecular weight is 340 g/mol. The molecule has 0 bridgehead atoms. The van der Waals surface area contributed by atoms with Crippen LogP contribution in [0.15, 0.2) is 22.7 Å². The van der Waals surface area contributed by atoms with E-state index in [4.69, 9.17) is 11.6 Å². The zero-order valence-electron chi connectivity index (χ0n) is 9.67. The fourth-order valence-electron chi connectivity index (χ4n) is 2.19. The van der Waals surface area contributed by atoms with E-state index < -0.39 is 12.5 Å². The minimum atomic E-state index is -2.45. The van der Waals surface area contributed by atoms with Gasteiger partial charge in [0, 0.05) is 35.7 Å². The Hall–Kier alpha value is -0.230. The lowest BCUT2D eigenvalue weighted by Gasteiger charge is -2.35. The van der Waals surface area contributed by atoms with Gasteiger partial charge >= 0.3 is 0 Å². The molecule has 18 heavy (non-hydrogen) atoms. The van der Waals surface area contributed by atoms with Gasteiger partial charge in [0.25, 0.3) is 6.43 Å². The maximum atomic E-state index is 13.3. The van der Waals surface area contributed by atoms with Gasteiger partial charge in [-0.15, -0.1) is 0 Å². The molecule has 1 saturated heterocycles. The number of hydrogen-bond donors (Lipinski definition) is 1. The molecule has 0 aliphatic carbocycles. The number of halogens is 4. The average Bonchev–Trinajstić information content (AvgIpc) is 2.35. The number of rotatable bonds is 3. The smallest absolute Gasteiger partial charge is 0.258 e. The van der Waals surface area contributed by atoms with E-state index in [9.17, 15) is 8.78 Å². The first-order chi connectivity index (χ1) is 8.59. The van der Waals surface area contributed by atoms with Gasteiger partial charge in [-0.1, -0.05) is 27.5 Å². The third-order valence-corrected chi connectivity index (χ3v) is 3.90. The molecule has 1 aliphatic rings. The fourth-order valence-corrected chi connectivity index (χ4v) is 2.80. The summed E-state index contributed by atoms with van der Waals surface area (Å²) in [6, 6.07) is 4.16. The second-order valence-electron chi connectivity index (χ2n) is 4.23. The second kappa shape index (κ2) is 6.28. The van der Waals surface area contributed by atoms with Gasteiger partial charge in [0.2, 0.25) is 0 Å². The number of piperazine rings is 1. The highest BCUT2D eigenvalue weighted by molar-refractivity contribution is 9.10. The van der Waals surface area contributed by atoms with E-state index in [1.165, 1.54) is 0 Å². The Morgan fingerprint density at radius 1 is 1.28 bits per heavy atom. The van der Waals surface area contributed by atoms with Crippen LogP contribution in [0, 0.1) is 0 Å². The minimum absolute atomic E-state index is 0.391. The summed E-state index contributed by atoms with van der Waals surface area (Å²) >= 11 is 9.36. The first-order valence-corrected chi connectivity index (χ1v) is 6.94.